The van der Waals surface area contributed by atoms with E-state index >= 15 is 0 Å². The maximum absolute atomic E-state index is 13.4. The van der Waals surface area contributed by atoms with Gasteiger partial charge in [-0.05, 0) is 41.8 Å². The fourth-order valence-electron chi connectivity index (χ4n) is 2.62. The molecular weight excluding hydrogens is 319 g/mol. The van der Waals surface area contributed by atoms with Crippen LogP contribution in [0, 0.1) is 5.82 Å². The summed E-state index contributed by atoms with van der Waals surface area (Å²) in [6.45, 7) is 2.34. The van der Waals surface area contributed by atoms with Gasteiger partial charge in [0.05, 0.1) is 12.2 Å². The van der Waals surface area contributed by atoms with E-state index in [1.165, 1.54) is 12.1 Å². The van der Waals surface area contributed by atoms with Gasteiger partial charge < -0.3 is 9.42 Å². The molecule has 0 aliphatic heterocycles. The van der Waals surface area contributed by atoms with Gasteiger partial charge in [0.1, 0.15) is 5.82 Å². The van der Waals surface area contributed by atoms with Gasteiger partial charge in [-0.3, -0.25) is 4.79 Å². The van der Waals surface area contributed by atoms with Crippen LogP contribution in [0.2, 0.25) is 0 Å². The average molecular weight is 338 g/mol. The molecule has 0 unspecified atom stereocenters. The van der Waals surface area contributed by atoms with E-state index in [4.69, 9.17) is 4.52 Å². The molecule has 4 nitrogen and oxygen atoms in total. The number of nitrogens with zero attached hydrogens (tertiary/aromatic N) is 2. The van der Waals surface area contributed by atoms with Gasteiger partial charge in [-0.2, -0.15) is 0 Å². The fourth-order valence-corrected chi connectivity index (χ4v) is 2.62. The molecule has 0 spiro atoms. The molecule has 0 aliphatic rings. The molecule has 0 saturated carbocycles. The van der Waals surface area contributed by atoms with Crippen molar-refractivity contribution in [2.24, 2.45) is 0 Å². The second-order valence-electron chi connectivity index (χ2n) is 5.89. The molecule has 0 radical (unpaired) electrons. The molecule has 3 rings (SSSR count). The summed E-state index contributed by atoms with van der Waals surface area (Å²) in [5.41, 5.74) is 2.94. The number of rotatable bonds is 5. The predicted molar refractivity (Wildman–Crippen MR) is 93.5 cm³/mol. The minimum Gasteiger partial charge on any atom is -0.359 e. The number of hydrogen-bond donors (Lipinski definition) is 0. The zero-order chi connectivity index (χ0) is 17.8. The molecule has 25 heavy (non-hydrogen) atoms. The average Bonchev–Trinajstić information content (AvgIpc) is 3.08. The molecule has 1 heterocycles. The van der Waals surface area contributed by atoms with Crippen LogP contribution in [0.25, 0.3) is 11.1 Å². The van der Waals surface area contributed by atoms with E-state index in [0.29, 0.717) is 17.9 Å². The van der Waals surface area contributed by atoms with E-state index in [2.05, 4.69) is 5.16 Å². The minimum atomic E-state index is -0.302. The van der Waals surface area contributed by atoms with Crippen LogP contribution in [0.5, 0.6) is 0 Å². The van der Waals surface area contributed by atoms with Crippen LogP contribution in [0.3, 0.4) is 0 Å². The standard InChI is InChI=1S/C20H19FN2O2/c1-3-18-12-19(25-22-18)13-23(2)20(24)16-8-4-6-14(10-16)15-7-5-9-17(21)11-15/h4-12H,3,13H2,1-2H3. The molecule has 1 aromatic heterocycles. The third-order valence-electron chi connectivity index (χ3n) is 3.98. The van der Waals surface area contributed by atoms with E-state index in [9.17, 15) is 9.18 Å². The Labute approximate surface area is 145 Å². The number of carbonyl (C=O) groups is 1. The van der Waals surface area contributed by atoms with Crippen molar-refractivity contribution < 1.29 is 13.7 Å². The summed E-state index contributed by atoms with van der Waals surface area (Å²) in [4.78, 5) is 14.2. The highest BCUT2D eigenvalue weighted by molar-refractivity contribution is 5.95. The van der Waals surface area contributed by atoms with E-state index in [0.717, 1.165) is 23.2 Å². The SMILES string of the molecule is CCc1cc(CN(C)C(=O)c2cccc(-c3cccc(F)c3)c2)on1. The van der Waals surface area contributed by atoms with E-state index < -0.39 is 0 Å². The molecule has 1 amide bonds. The highest BCUT2D eigenvalue weighted by atomic mass is 19.1. The Morgan fingerprint density at radius 1 is 1.12 bits per heavy atom. The third-order valence-corrected chi connectivity index (χ3v) is 3.98. The zero-order valence-corrected chi connectivity index (χ0v) is 14.2. The highest BCUT2D eigenvalue weighted by Gasteiger charge is 2.15. The summed E-state index contributed by atoms with van der Waals surface area (Å²) < 4.78 is 18.7. The molecule has 0 atom stereocenters. The summed E-state index contributed by atoms with van der Waals surface area (Å²) in [5, 5.41) is 3.93. The van der Waals surface area contributed by atoms with Crippen molar-refractivity contribution in [3.05, 3.63) is 77.4 Å². The van der Waals surface area contributed by atoms with Gasteiger partial charge in [0.2, 0.25) is 0 Å². The van der Waals surface area contributed by atoms with Gasteiger partial charge >= 0.3 is 0 Å². The lowest BCUT2D eigenvalue weighted by molar-refractivity contribution is 0.0772. The number of aryl methyl sites for hydroxylation is 1. The Hall–Kier alpha value is -2.95. The minimum absolute atomic E-state index is 0.132. The topological polar surface area (TPSA) is 46.3 Å². The van der Waals surface area contributed by atoms with Crippen molar-refractivity contribution in [3.8, 4) is 11.1 Å². The summed E-state index contributed by atoms with van der Waals surface area (Å²) >= 11 is 0. The molecule has 5 heteroatoms. The zero-order valence-electron chi connectivity index (χ0n) is 14.2. The van der Waals surface area contributed by atoms with Gasteiger partial charge in [0, 0.05) is 18.7 Å². The molecule has 0 saturated heterocycles. The first-order valence-corrected chi connectivity index (χ1v) is 8.12. The van der Waals surface area contributed by atoms with Crippen LogP contribution >= 0.6 is 0 Å². The number of hydrogen-bond acceptors (Lipinski definition) is 3. The van der Waals surface area contributed by atoms with E-state index in [-0.39, 0.29) is 11.7 Å². The van der Waals surface area contributed by atoms with Gasteiger partial charge in [-0.15, -0.1) is 0 Å². The Morgan fingerprint density at radius 2 is 1.84 bits per heavy atom. The number of halogens is 1. The largest absolute Gasteiger partial charge is 0.359 e. The lowest BCUT2D eigenvalue weighted by Crippen LogP contribution is -2.26. The van der Waals surface area contributed by atoms with Gasteiger partial charge in [0.15, 0.2) is 5.76 Å². The smallest absolute Gasteiger partial charge is 0.254 e. The molecule has 0 fully saturated rings. The molecule has 3 aromatic rings. The predicted octanol–water partition coefficient (Wildman–Crippen LogP) is 4.32. The Morgan fingerprint density at radius 3 is 2.52 bits per heavy atom. The Balaban J connectivity index is 1.78. The number of carbonyl (C=O) groups excluding carboxylic acids is 1. The second kappa shape index (κ2) is 7.30. The molecule has 2 aromatic carbocycles. The highest BCUT2D eigenvalue weighted by Crippen LogP contribution is 2.22. The monoisotopic (exact) mass is 338 g/mol. The van der Waals surface area contributed by atoms with E-state index in [1.807, 2.05) is 25.1 Å². The molecule has 0 N–H and O–H groups in total. The summed E-state index contributed by atoms with van der Waals surface area (Å²) in [6, 6.07) is 15.3. The van der Waals surface area contributed by atoms with Crippen LogP contribution in [-0.2, 0) is 13.0 Å². The van der Waals surface area contributed by atoms with Crippen LogP contribution in [0.1, 0.15) is 28.7 Å². The molecule has 128 valence electrons. The van der Waals surface area contributed by atoms with Crippen LogP contribution in [-0.4, -0.2) is 23.0 Å². The van der Waals surface area contributed by atoms with Crippen molar-refractivity contribution in [2.45, 2.75) is 19.9 Å². The molecular formula is C20H19FN2O2. The maximum atomic E-state index is 13.4. The Kier molecular flexibility index (Phi) is 4.93. The quantitative estimate of drug-likeness (QED) is 0.696. The van der Waals surface area contributed by atoms with E-state index in [1.54, 1.807) is 36.2 Å². The summed E-state index contributed by atoms with van der Waals surface area (Å²) in [7, 11) is 1.71. The van der Waals surface area contributed by atoms with Crippen molar-refractivity contribution in [1.29, 1.82) is 0 Å². The molecule has 0 aliphatic carbocycles. The first-order chi connectivity index (χ1) is 12.1. The summed E-state index contributed by atoms with van der Waals surface area (Å²) in [6.07, 6.45) is 0.789. The van der Waals surface area contributed by atoms with Crippen molar-refractivity contribution in [1.82, 2.24) is 10.1 Å². The van der Waals surface area contributed by atoms with Crippen molar-refractivity contribution in [3.63, 3.8) is 0 Å². The van der Waals surface area contributed by atoms with Crippen LogP contribution < -0.4 is 0 Å². The molecule has 0 bridgehead atoms. The maximum Gasteiger partial charge on any atom is 0.254 e. The second-order valence-corrected chi connectivity index (χ2v) is 5.89. The van der Waals surface area contributed by atoms with Crippen LogP contribution in [0.15, 0.2) is 59.1 Å². The Bertz CT molecular complexity index is 889. The van der Waals surface area contributed by atoms with Gasteiger partial charge in [-0.1, -0.05) is 36.3 Å². The number of amides is 1. The first kappa shape index (κ1) is 16.9. The summed E-state index contributed by atoms with van der Waals surface area (Å²) in [5.74, 6) is 0.213. The van der Waals surface area contributed by atoms with Crippen LogP contribution in [0.4, 0.5) is 4.39 Å². The van der Waals surface area contributed by atoms with Gasteiger partial charge in [-0.25, -0.2) is 4.39 Å². The fraction of sp³-hybridized carbons (Fsp3) is 0.200. The first-order valence-electron chi connectivity index (χ1n) is 8.12. The van der Waals surface area contributed by atoms with Crippen molar-refractivity contribution in [2.75, 3.05) is 7.05 Å². The normalized spacial score (nSPS) is 10.7. The third kappa shape index (κ3) is 3.94. The lowest BCUT2D eigenvalue weighted by atomic mass is 10.0. The number of benzene rings is 2. The van der Waals surface area contributed by atoms with Crippen molar-refractivity contribution >= 4 is 5.91 Å². The van der Waals surface area contributed by atoms with Gasteiger partial charge in [0.25, 0.3) is 5.91 Å². The lowest BCUT2D eigenvalue weighted by Gasteiger charge is -2.16. The number of aromatic nitrogens is 1.